The molecule has 30 heavy (non-hydrogen) atoms. The predicted octanol–water partition coefficient (Wildman–Crippen LogP) is -2.10. The number of hydroxylamine groups is 2. The Labute approximate surface area is 169 Å². The molecule has 0 bridgehead atoms. The minimum Gasteiger partial charge on any atom is -0.542 e. The molecule has 0 spiro atoms. The Morgan fingerprint density at radius 3 is 2.10 bits per heavy atom. The standard InChI is InChI=1S/C14H22N4O5.C2HF3O2/c1-8(2)12(16-13(21)9-4-3-7-15-9)17-14(22)23-18-10(19)5-6-11(18)20;3-2(4,5)1(6)7/h8-9,12,15H,3-7H2,1-2H3,(H,16,21)(H,17,22);(H,6,7)/t9-,12+;/m0./s1. The molecule has 2 rings (SSSR count). The van der Waals surface area contributed by atoms with Crippen molar-refractivity contribution in [3.8, 4) is 0 Å². The summed E-state index contributed by atoms with van der Waals surface area (Å²) in [5.41, 5.74) is 0. The topological polar surface area (TPSA) is 162 Å². The minimum absolute atomic E-state index is 0.0357. The Kier molecular flexibility index (Phi) is 9.01. The second-order valence-corrected chi connectivity index (χ2v) is 6.89. The van der Waals surface area contributed by atoms with Gasteiger partial charge in [0.15, 0.2) is 6.04 Å². The second-order valence-electron chi connectivity index (χ2n) is 6.89. The summed E-state index contributed by atoms with van der Waals surface area (Å²) in [6.45, 7) is 4.57. The minimum atomic E-state index is -5.19. The molecule has 2 aliphatic rings. The molecule has 170 valence electrons. The van der Waals surface area contributed by atoms with Crippen LogP contribution in [0, 0.1) is 5.92 Å². The average Bonchev–Trinajstić information content (AvgIpc) is 3.27. The van der Waals surface area contributed by atoms with Crippen LogP contribution in [-0.4, -0.2) is 59.8 Å². The Morgan fingerprint density at radius 1 is 1.17 bits per heavy atom. The fraction of sp³-hybridized carbons (Fsp3) is 0.688. The molecule has 2 saturated heterocycles. The van der Waals surface area contributed by atoms with Crippen molar-refractivity contribution in [1.29, 1.82) is 0 Å². The fourth-order valence-corrected chi connectivity index (χ4v) is 2.54. The molecule has 2 heterocycles. The smallest absolute Gasteiger partial charge is 0.433 e. The van der Waals surface area contributed by atoms with Crippen LogP contribution in [0.5, 0.6) is 0 Å². The lowest BCUT2D eigenvalue weighted by molar-refractivity contribution is -0.657. The number of hydrogen-bond donors (Lipinski definition) is 3. The van der Waals surface area contributed by atoms with Crippen molar-refractivity contribution < 1.29 is 52.4 Å². The van der Waals surface area contributed by atoms with Crippen LogP contribution in [0.2, 0.25) is 0 Å². The number of imide groups is 1. The van der Waals surface area contributed by atoms with Crippen molar-refractivity contribution in [2.24, 2.45) is 5.92 Å². The third-order valence-corrected chi connectivity index (χ3v) is 4.16. The molecule has 2 fully saturated rings. The summed E-state index contributed by atoms with van der Waals surface area (Å²) in [4.78, 5) is 60.4. The highest BCUT2D eigenvalue weighted by atomic mass is 19.4. The molecule has 4 amide bonds. The fourth-order valence-electron chi connectivity index (χ4n) is 2.54. The van der Waals surface area contributed by atoms with E-state index in [9.17, 15) is 32.3 Å². The van der Waals surface area contributed by atoms with E-state index in [-0.39, 0.29) is 30.7 Å². The summed E-state index contributed by atoms with van der Waals surface area (Å²) in [7, 11) is 0. The van der Waals surface area contributed by atoms with Gasteiger partial charge in [-0.05, 0) is 5.92 Å². The average molecular weight is 440 g/mol. The van der Waals surface area contributed by atoms with Crippen LogP contribution in [0.4, 0.5) is 18.0 Å². The Hall–Kier alpha value is -2.90. The van der Waals surface area contributed by atoms with Gasteiger partial charge in [0.2, 0.25) is 0 Å². The Balaban J connectivity index is 0.000000553. The van der Waals surface area contributed by atoms with Crippen LogP contribution in [0.3, 0.4) is 0 Å². The van der Waals surface area contributed by atoms with Crippen LogP contribution in [-0.2, 0) is 24.0 Å². The summed E-state index contributed by atoms with van der Waals surface area (Å²) in [6, 6.07) is -0.143. The maximum Gasteiger partial charge on any atom is 0.433 e. The molecule has 0 saturated carbocycles. The second kappa shape index (κ2) is 10.8. The van der Waals surface area contributed by atoms with Gasteiger partial charge in [-0.25, -0.2) is 4.79 Å². The van der Waals surface area contributed by atoms with E-state index in [1.165, 1.54) is 0 Å². The number of nitrogens with zero attached hydrogens (tertiary/aromatic N) is 1. The number of carbonyl (C=O) groups is 5. The lowest BCUT2D eigenvalue weighted by Crippen LogP contribution is -2.89. The number of rotatable bonds is 5. The molecular weight excluding hydrogens is 417 g/mol. The first-order chi connectivity index (χ1) is 13.8. The number of hydrogen-bond acceptors (Lipinski definition) is 7. The predicted molar refractivity (Wildman–Crippen MR) is 88.3 cm³/mol. The van der Waals surface area contributed by atoms with Crippen molar-refractivity contribution in [3.63, 3.8) is 0 Å². The van der Waals surface area contributed by atoms with Crippen LogP contribution in [0.15, 0.2) is 0 Å². The molecule has 0 aromatic carbocycles. The van der Waals surface area contributed by atoms with Crippen LogP contribution in [0.1, 0.15) is 39.5 Å². The number of quaternary nitrogens is 1. The van der Waals surface area contributed by atoms with Gasteiger partial charge in [-0.1, -0.05) is 13.8 Å². The first-order valence-electron chi connectivity index (χ1n) is 9.09. The molecule has 0 aliphatic carbocycles. The van der Waals surface area contributed by atoms with E-state index in [0.717, 1.165) is 19.4 Å². The first kappa shape index (κ1) is 25.1. The Bertz CT molecular complexity index is 662. The summed E-state index contributed by atoms with van der Waals surface area (Å²) in [6.07, 6.45) is -4.92. The zero-order chi connectivity index (χ0) is 23.1. The van der Waals surface area contributed by atoms with Crippen LogP contribution >= 0.6 is 0 Å². The maximum atomic E-state index is 12.1. The summed E-state index contributed by atoms with van der Waals surface area (Å²) in [5, 5.41) is 16.5. The van der Waals surface area contributed by atoms with Gasteiger partial charge in [-0.2, -0.15) is 13.2 Å². The number of aliphatic carboxylic acids is 1. The zero-order valence-corrected chi connectivity index (χ0v) is 16.3. The van der Waals surface area contributed by atoms with E-state index in [2.05, 4.69) is 10.6 Å². The SMILES string of the molecule is CC(C)[C@@H](NC(=O)ON1C(=O)CCC1=O)NC(=O)[C@@H]1CCC[NH2+]1.O=C([O-])C(F)(F)F. The molecule has 0 radical (unpaired) electrons. The van der Waals surface area contributed by atoms with Gasteiger partial charge in [-0.15, -0.1) is 5.06 Å². The van der Waals surface area contributed by atoms with Gasteiger partial charge in [-0.3, -0.25) is 19.7 Å². The molecule has 2 aliphatic heterocycles. The molecule has 4 N–H and O–H groups in total. The number of alkyl halides is 3. The molecular formula is C16H23F3N4O7. The number of carbonyl (C=O) groups excluding carboxylic acids is 5. The van der Waals surface area contributed by atoms with E-state index >= 15 is 0 Å². The number of nitrogens with one attached hydrogen (secondary N) is 2. The molecule has 14 heteroatoms. The van der Waals surface area contributed by atoms with E-state index in [4.69, 9.17) is 14.7 Å². The van der Waals surface area contributed by atoms with Gasteiger partial charge in [0, 0.05) is 25.7 Å². The Morgan fingerprint density at radius 2 is 1.70 bits per heavy atom. The number of amides is 4. The van der Waals surface area contributed by atoms with Crippen molar-refractivity contribution in [2.45, 2.75) is 57.9 Å². The highest BCUT2D eigenvalue weighted by molar-refractivity contribution is 6.01. The van der Waals surface area contributed by atoms with Crippen LogP contribution in [0.25, 0.3) is 0 Å². The lowest BCUT2D eigenvalue weighted by atomic mass is 10.1. The normalized spacial score (nSPS) is 19.8. The molecule has 0 aromatic rings. The third kappa shape index (κ3) is 7.85. The highest BCUT2D eigenvalue weighted by Crippen LogP contribution is 2.12. The van der Waals surface area contributed by atoms with E-state index in [1.54, 1.807) is 0 Å². The van der Waals surface area contributed by atoms with Crippen molar-refractivity contribution in [3.05, 3.63) is 0 Å². The van der Waals surface area contributed by atoms with E-state index in [0.29, 0.717) is 5.06 Å². The number of nitrogens with two attached hydrogens (primary N) is 1. The lowest BCUT2D eigenvalue weighted by Gasteiger charge is -2.24. The van der Waals surface area contributed by atoms with E-state index in [1.807, 2.05) is 19.2 Å². The van der Waals surface area contributed by atoms with E-state index < -0.39 is 36.2 Å². The van der Waals surface area contributed by atoms with Gasteiger partial charge < -0.3 is 25.4 Å². The van der Waals surface area contributed by atoms with Crippen LogP contribution < -0.4 is 21.1 Å². The van der Waals surface area contributed by atoms with Crippen molar-refractivity contribution in [2.75, 3.05) is 6.54 Å². The first-order valence-corrected chi connectivity index (χ1v) is 9.09. The molecule has 0 unspecified atom stereocenters. The largest absolute Gasteiger partial charge is 0.542 e. The van der Waals surface area contributed by atoms with Gasteiger partial charge in [0.25, 0.3) is 17.7 Å². The van der Waals surface area contributed by atoms with Crippen molar-refractivity contribution in [1.82, 2.24) is 15.7 Å². The van der Waals surface area contributed by atoms with Gasteiger partial charge in [0.1, 0.15) is 12.1 Å². The summed E-state index contributed by atoms with van der Waals surface area (Å²) in [5.74, 6) is -4.33. The summed E-state index contributed by atoms with van der Waals surface area (Å²) >= 11 is 0. The molecule has 11 nitrogen and oxygen atoms in total. The third-order valence-electron chi connectivity index (χ3n) is 4.16. The number of carboxylic acids is 1. The van der Waals surface area contributed by atoms with Crippen molar-refractivity contribution >= 4 is 29.8 Å². The van der Waals surface area contributed by atoms with Gasteiger partial charge in [0.05, 0.1) is 6.54 Å². The zero-order valence-electron chi connectivity index (χ0n) is 16.3. The number of halogens is 3. The highest BCUT2D eigenvalue weighted by Gasteiger charge is 2.34. The van der Waals surface area contributed by atoms with Gasteiger partial charge >= 0.3 is 12.3 Å². The molecule has 0 aromatic heterocycles. The monoisotopic (exact) mass is 440 g/mol. The number of carboxylic acid groups (broad SMARTS) is 1. The maximum absolute atomic E-state index is 12.1. The quantitative estimate of drug-likeness (QED) is 0.326. The summed E-state index contributed by atoms with van der Waals surface area (Å²) < 4.78 is 31.5. The molecule has 2 atom stereocenters.